The Hall–Kier alpha value is -2.46. The third kappa shape index (κ3) is 4.77. The van der Waals surface area contributed by atoms with Crippen LogP contribution in [0.2, 0.25) is 5.02 Å². The molecule has 24 heavy (non-hydrogen) atoms. The Morgan fingerprint density at radius 3 is 2.54 bits per heavy atom. The van der Waals surface area contributed by atoms with E-state index in [9.17, 15) is 9.90 Å². The van der Waals surface area contributed by atoms with Gasteiger partial charge in [0.25, 0.3) is 5.91 Å². The average Bonchev–Trinajstić information content (AvgIpc) is 2.46. The number of nitrogens with two attached hydrogens (primary N) is 1. The molecule has 2 aromatic carbocycles. The van der Waals surface area contributed by atoms with E-state index in [0.717, 1.165) is 5.56 Å². The van der Waals surface area contributed by atoms with Crippen LogP contribution in [0.15, 0.2) is 42.5 Å². The first-order valence-corrected chi connectivity index (χ1v) is 7.92. The molecule has 2 rings (SSSR count). The molecule has 5 heteroatoms. The van der Waals surface area contributed by atoms with Gasteiger partial charge in [0.1, 0.15) is 5.75 Å². The molecule has 4 nitrogen and oxygen atoms in total. The van der Waals surface area contributed by atoms with Crippen molar-refractivity contribution in [1.29, 1.82) is 0 Å². The van der Waals surface area contributed by atoms with Gasteiger partial charge in [-0.25, -0.2) is 0 Å². The van der Waals surface area contributed by atoms with Crippen molar-refractivity contribution >= 4 is 35.0 Å². The van der Waals surface area contributed by atoms with Gasteiger partial charge in [-0.15, -0.1) is 0 Å². The standard InChI is InChI=1S/C19H21ClN2O2/c1-19(2,3)9-8-12-10-13(4-7-17(12)21)22-18(24)15-6-5-14(23)11-16(15)20/h4-11,23H,21H2,1-3H3,(H,22,24)/b9-8+. The second-order valence-electron chi connectivity index (χ2n) is 6.66. The molecule has 0 atom stereocenters. The summed E-state index contributed by atoms with van der Waals surface area (Å²) in [5.74, 6) is -0.339. The number of nitrogen functional groups attached to an aromatic ring is 1. The summed E-state index contributed by atoms with van der Waals surface area (Å²) in [5, 5.41) is 12.3. The Morgan fingerprint density at radius 1 is 1.21 bits per heavy atom. The third-order valence-electron chi connectivity index (χ3n) is 3.30. The van der Waals surface area contributed by atoms with E-state index in [1.807, 2.05) is 12.1 Å². The summed E-state index contributed by atoms with van der Waals surface area (Å²) >= 11 is 6.00. The fraction of sp³-hybridized carbons (Fsp3) is 0.211. The lowest BCUT2D eigenvalue weighted by Crippen LogP contribution is -2.12. The molecular weight excluding hydrogens is 324 g/mol. The number of allylic oxidation sites excluding steroid dienone is 1. The van der Waals surface area contributed by atoms with Gasteiger partial charge < -0.3 is 16.2 Å². The van der Waals surface area contributed by atoms with Crippen LogP contribution in [0.4, 0.5) is 11.4 Å². The molecule has 0 saturated heterocycles. The molecule has 0 fully saturated rings. The summed E-state index contributed by atoms with van der Waals surface area (Å²) in [4.78, 5) is 12.3. The number of aromatic hydroxyl groups is 1. The molecule has 2 aromatic rings. The third-order valence-corrected chi connectivity index (χ3v) is 3.62. The summed E-state index contributed by atoms with van der Waals surface area (Å²) in [7, 11) is 0. The lowest BCUT2D eigenvalue weighted by atomic mass is 9.95. The van der Waals surface area contributed by atoms with E-state index < -0.39 is 0 Å². The van der Waals surface area contributed by atoms with E-state index in [-0.39, 0.29) is 27.7 Å². The van der Waals surface area contributed by atoms with Crippen molar-refractivity contribution in [3.05, 3.63) is 58.6 Å². The van der Waals surface area contributed by atoms with Gasteiger partial charge >= 0.3 is 0 Å². The minimum Gasteiger partial charge on any atom is -0.508 e. The van der Waals surface area contributed by atoms with Crippen LogP contribution < -0.4 is 11.1 Å². The van der Waals surface area contributed by atoms with Crippen molar-refractivity contribution in [2.45, 2.75) is 20.8 Å². The first kappa shape index (κ1) is 17.9. The zero-order chi connectivity index (χ0) is 17.9. The number of halogens is 1. The van der Waals surface area contributed by atoms with Crippen LogP contribution in [-0.4, -0.2) is 11.0 Å². The molecule has 0 saturated carbocycles. The van der Waals surface area contributed by atoms with Crippen LogP contribution in [0.5, 0.6) is 5.75 Å². The van der Waals surface area contributed by atoms with Crippen molar-refractivity contribution in [1.82, 2.24) is 0 Å². The Balaban J connectivity index is 2.24. The number of hydrogen-bond acceptors (Lipinski definition) is 3. The maximum Gasteiger partial charge on any atom is 0.257 e. The highest BCUT2D eigenvalue weighted by molar-refractivity contribution is 6.34. The number of phenolic OH excluding ortho intramolecular Hbond substituents is 1. The van der Waals surface area contributed by atoms with Crippen molar-refractivity contribution in [3.8, 4) is 5.75 Å². The number of benzene rings is 2. The first-order chi connectivity index (χ1) is 11.2. The van der Waals surface area contributed by atoms with Crippen LogP contribution in [0, 0.1) is 5.41 Å². The van der Waals surface area contributed by atoms with Crippen LogP contribution >= 0.6 is 11.6 Å². The highest BCUT2D eigenvalue weighted by atomic mass is 35.5. The Kier molecular flexibility index (Phi) is 5.20. The predicted octanol–water partition coefficient (Wildman–Crippen LogP) is 4.94. The maximum atomic E-state index is 12.3. The molecule has 0 radical (unpaired) electrons. The molecule has 4 N–H and O–H groups in total. The zero-order valence-electron chi connectivity index (χ0n) is 13.9. The fourth-order valence-corrected chi connectivity index (χ4v) is 2.28. The number of hydrogen-bond donors (Lipinski definition) is 3. The van der Waals surface area contributed by atoms with E-state index in [1.54, 1.807) is 12.1 Å². The molecule has 0 aliphatic rings. The van der Waals surface area contributed by atoms with Crippen molar-refractivity contribution in [3.63, 3.8) is 0 Å². The molecule has 0 heterocycles. The van der Waals surface area contributed by atoms with Gasteiger partial charge in [0.05, 0.1) is 10.6 Å². The van der Waals surface area contributed by atoms with Crippen LogP contribution in [0.25, 0.3) is 6.08 Å². The number of nitrogens with one attached hydrogen (secondary N) is 1. The highest BCUT2D eigenvalue weighted by Gasteiger charge is 2.12. The van der Waals surface area contributed by atoms with Crippen LogP contribution in [0.3, 0.4) is 0 Å². The quantitative estimate of drug-likeness (QED) is 0.690. The molecule has 0 spiro atoms. The summed E-state index contributed by atoms with van der Waals surface area (Å²) in [5.41, 5.74) is 8.40. The SMILES string of the molecule is CC(C)(C)/C=C/c1cc(NC(=O)c2ccc(O)cc2Cl)ccc1N. The van der Waals surface area contributed by atoms with Crippen molar-refractivity contribution in [2.24, 2.45) is 5.41 Å². The molecule has 0 bridgehead atoms. The largest absolute Gasteiger partial charge is 0.508 e. The summed E-state index contributed by atoms with van der Waals surface area (Å²) < 4.78 is 0. The average molecular weight is 345 g/mol. The number of carbonyl (C=O) groups is 1. The fourth-order valence-electron chi connectivity index (χ4n) is 2.02. The lowest BCUT2D eigenvalue weighted by Gasteiger charge is -2.13. The number of amides is 1. The van der Waals surface area contributed by atoms with E-state index in [4.69, 9.17) is 17.3 Å². The van der Waals surface area contributed by atoms with Gasteiger partial charge in [0.2, 0.25) is 0 Å². The van der Waals surface area contributed by atoms with E-state index in [1.165, 1.54) is 18.2 Å². The molecule has 126 valence electrons. The normalized spacial score (nSPS) is 11.7. The molecule has 1 amide bonds. The van der Waals surface area contributed by atoms with E-state index in [0.29, 0.717) is 11.4 Å². The van der Waals surface area contributed by atoms with Gasteiger partial charge in [-0.3, -0.25) is 4.79 Å². The van der Waals surface area contributed by atoms with Gasteiger partial charge in [-0.05, 0) is 47.4 Å². The van der Waals surface area contributed by atoms with Crippen LogP contribution in [-0.2, 0) is 0 Å². The summed E-state index contributed by atoms with van der Waals surface area (Å²) in [6.07, 6.45) is 4.00. The second-order valence-corrected chi connectivity index (χ2v) is 7.07. The minimum atomic E-state index is -0.351. The number of carbonyl (C=O) groups excluding carboxylic acids is 1. The van der Waals surface area contributed by atoms with Gasteiger partial charge in [0.15, 0.2) is 0 Å². The molecular formula is C19H21ClN2O2. The maximum absolute atomic E-state index is 12.3. The smallest absolute Gasteiger partial charge is 0.257 e. The number of rotatable bonds is 3. The Morgan fingerprint density at radius 2 is 1.92 bits per heavy atom. The highest BCUT2D eigenvalue weighted by Crippen LogP contribution is 2.25. The summed E-state index contributed by atoms with van der Waals surface area (Å²) in [6.45, 7) is 6.29. The number of anilines is 2. The first-order valence-electron chi connectivity index (χ1n) is 7.54. The van der Waals surface area contributed by atoms with Gasteiger partial charge in [-0.2, -0.15) is 0 Å². The van der Waals surface area contributed by atoms with Crippen LogP contribution in [0.1, 0.15) is 36.7 Å². The van der Waals surface area contributed by atoms with E-state index in [2.05, 4.69) is 32.2 Å². The lowest BCUT2D eigenvalue weighted by molar-refractivity contribution is 0.102. The Bertz CT molecular complexity index is 792. The molecule has 0 aliphatic carbocycles. The van der Waals surface area contributed by atoms with Crippen molar-refractivity contribution in [2.75, 3.05) is 11.1 Å². The number of phenols is 1. The topological polar surface area (TPSA) is 75.3 Å². The monoisotopic (exact) mass is 344 g/mol. The zero-order valence-corrected chi connectivity index (χ0v) is 14.7. The molecule has 0 aromatic heterocycles. The minimum absolute atomic E-state index is 0.0126. The summed E-state index contributed by atoms with van der Waals surface area (Å²) in [6, 6.07) is 9.51. The Labute approximate surface area is 147 Å². The van der Waals surface area contributed by atoms with Gasteiger partial charge in [-0.1, -0.05) is 44.5 Å². The second kappa shape index (κ2) is 6.97. The van der Waals surface area contributed by atoms with E-state index >= 15 is 0 Å². The van der Waals surface area contributed by atoms with Gasteiger partial charge in [0, 0.05) is 11.4 Å². The predicted molar refractivity (Wildman–Crippen MR) is 100 cm³/mol. The molecule has 0 unspecified atom stereocenters. The molecule has 0 aliphatic heterocycles. The van der Waals surface area contributed by atoms with Crippen molar-refractivity contribution < 1.29 is 9.90 Å².